The normalized spacial score (nSPS) is 12.0. The highest BCUT2D eigenvalue weighted by Gasteiger charge is 2.19. The first-order chi connectivity index (χ1) is 4.52. The SMILES string of the molecule is CC(C)(C)c1conc1I. The van der Waals surface area contributed by atoms with Gasteiger partial charge in [0.05, 0.1) is 0 Å². The number of hydrogen-bond acceptors (Lipinski definition) is 2. The van der Waals surface area contributed by atoms with E-state index in [-0.39, 0.29) is 5.41 Å². The largest absolute Gasteiger partial charge is 0.363 e. The van der Waals surface area contributed by atoms with E-state index in [1.807, 2.05) is 0 Å². The number of nitrogens with zero attached hydrogens (tertiary/aromatic N) is 1. The molecule has 1 aromatic rings. The Morgan fingerprint density at radius 1 is 1.50 bits per heavy atom. The van der Waals surface area contributed by atoms with Gasteiger partial charge in [0.15, 0.2) is 0 Å². The number of rotatable bonds is 0. The van der Waals surface area contributed by atoms with Crippen molar-refractivity contribution < 1.29 is 4.52 Å². The lowest BCUT2D eigenvalue weighted by Crippen LogP contribution is -2.11. The maximum atomic E-state index is 4.81. The van der Waals surface area contributed by atoms with Gasteiger partial charge in [-0.2, -0.15) is 0 Å². The van der Waals surface area contributed by atoms with E-state index in [0.29, 0.717) is 0 Å². The van der Waals surface area contributed by atoms with Crippen LogP contribution in [-0.4, -0.2) is 5.16 Å². The number of halogens is 1. The van der Waals surface area contributed by atoms with E-state index in [1.54, 1.807) is 6.26 Å². The van der Waals surface area contributed by atoms with Gasteiger partial charge in [-0.05, 0) is 28.0 Å². The minimum Gasteiger partial charge on any atom is -0.363 e. The molecule has 0 aromatic carbocycles. The fourth-order valence-corrected chi connectivity index (χ4v) is 1.76. The second-order valence-corrected chi connectivity index (χ2v) is 4.29. The molecule has 0 aliphatic heterocycles. The molecule has 0 amide bonds. The molecule has 0 radical (unpaired) electrons. The molecule has 0 bridgehead atoms. The summed E-state index contributed by atoms with van der Waals surface area (Å²) in [7, 11) is 0. The van der Waals surface area contributed by atoms with Gasteiger partial charge in [-0.1, -0.05) is 25.9 Å². The molecular formula is C7H10INO. The van der Waals surface area contributed by atoms with Crippen molar-refractivity contribution in [2.75, 3.05) is 0 Å². The molecule has 10 heavy (non-hydrogen) atoms. The summed E-state index contributed by atoms with van der Waals surface area (Å²) in [5.74, 6) is 0. The van der Waals surface area contributed by atoms with Crippen molar-refractivity contribution in [3.05, 3.63) is 15.5 Å². The molecule has 0 aliphatic carbocycles. The third-order valence-corrected chi connectivity index (χ3v) is 2.11. The highest BCUT2D eigenvalue weighted by atomic mass is 127. The number of aromatic nitrogens is 1. The summed E-state index contributed by atoms with van der Waals surface area (Å²) in [5.41, 5.74) is 1.32. The summed E-state index contributed by atoms with van der Waals surface area (Å²) in [6.45, 7) is 6.42. The summed E-state index contributed by atoms with van der Waals surface area (Å²) < 4.78 is 5.78. The zero-order valence-electron chi connectivity index (χ0n) is 6.31. The Hall–Kier alpha value is -0.0600. The van der Waals surface area contributed by atoms with E-state index in [0.717, 1.165) is 3.70 Å². The van der Waals surface area contributed by atoms with Crippen molar-refractivity contribution in [1.29, 1.82) is 0 Å². The minimum atomic E-state index is 0.149. The van der Waals surface area contributed by atoms with Gasteiger partial charge >= 0.3 is 0 Å². The Morgan fingerprint density at radius 2 is 2.10 bits per heavy atom. The molecule has 3 heteroatoms. The van der Waals surface area contributed by atoms with Crippen molar-refractivity contribution in [3.63, 3.8) is 0 Å². The molecule has 0 unspecified atom stereocenters. The van der Waals surface area contributed by atoms with Crippen molar-refractivity contribution in [1.82, 2.24) is 5.16 Å². The average molecular weight is 251 g/mol. The molecule has 2 nitrogen and oxygen atoms in total. The van der Waals surface area contributed by atoms with Crippen LogP contribution in [0.5, 0.6) is 0 Å². The third-order valence-electron chi connectivity index (χ3n) is 1.33. The Labute approximate surface area is 74.1 Å². The van der Waals surface area contributed by atoms with Crippen LogP contribution < -0.4 is 0 Å². The first kappa shape index (κ1) is 8.04. The van der Waals surface area contributed by atoms with E-state index in [2.05, 4.69) is 48.5 Å². The lowest BCUT2D eigenvalue weighted by atomic mass is 9.90. The fourth-order valence-electron chi connectivity index (χ4n) is 0.709. The Balaban J connectivity index is 3.05. The Kier molecular flexibility index (Phi) is 2.03. The Bertz CT molecular complexity index is 224. The zero-order valence-corrected chi connectivity index (χ0v) is 8.47. The lowest BCUT2D eigenvalue weighted by Gasteiger charge is -2.14. The van der Waals surface area contributed by atoms with Crippen LogP contribution in [-0.2, 0) is 5.41 Å². The molecule has 1 heterocycles. The Morgan fingerprint density at radius 3 is 2.30 bits per heavy atom. The van der Waals surface area contributed by atoms with E-state index in [9.17, 15) is 0 Å². The highest BCUT2D eigenvalue weighted by molar-refractivity contribution is 14.1. The van der Waals surface area contributed by atoms with Crippen LogP contribution in [0.3, 0.4) is 0 Å². The van der Waals surface area contributed by atoms with Gasteiger partial charge in [0, 0.05) is 5.56 Å². The monoisotopic (exact) mass is 251 g/mol. The molecule has 0 fully saturated rings. The molecule has 0 saturated heterocycles. The van der Waals surface area contributed by atoms with Crippen LogP contribution in [0, 0.1) is 3.70 Å². The van der Waals surface area contributed by atoms with Crippen LogP contribution in [0.25, 0.3) is 0 Å². The fraction of sp³-hybridized carbons (Fsp3) is 0.571. The summed E-state index contributed by atoms with van der Waals surface area (Å²) >= 11 is 2.18. The van der Waals surface area contributed by atoms with Gasteiger partial charge in [-0.3, -0.25) is 0 Å². The summed E-state index contributed by atoms with van der Waals surface area (Å²) in [5, 5.41) is 3.79. The predicted octanol–water partition coefficient (Wildman–Crippen LogP) is 2.58. The van der Waals surface area contributed by atoms with Crippen molar-refractivity contribution in [2.24, 2.45) is 0 Å². The van der Waals surface area contributed by atoms with Crippen LogP contribution in [0.15, 0.2) is 10.8 Å². The minimum absolute atomic E-state index is 0.149. The van der Waals surface area contributed by atoms with Crippen LogP contribution in [0.2, 0.25) is 0 Å². The average Bonchev–Trinajstić information content (AvgIpc) is 2.11. The molecule has 0 spiro atoms. The number of hydrogen-bond donors (Lipinski definition) is 0. The molecule has 0 saturated carbocycles. The molecule has 0 aliphatic rings. The molecule has 1 rings (SSSR count). The van der Waals surface area contributed by atoms with Crippen LogP contribution in [0.4, 0.5) is 0 Å². The third kappa shape index (κ3) is 1.51. The van der Waals surface area contributed by atoms with Crippen molar-refractivity contribution >= 4 is 22.6 Å². The van der Waals surface area contributed by atoms with Gasteiger partial charge in [-0.25, -0.2) is 0 Å². The molecular weight excluding hydrogens is 241 g/mol. The predicted molar refractivity (Wildman–Crippen MR) is 47.9 cm³/mol. The maximum absolute atomic E-state index is 4.81. The quantitative estimate of drug-likeness (QED) is 0.662. The van der Waals surface area contributed by atoms with Gasteiger partial charge in [0.1, 0.15) is 9.96 Å². The summed E-state index contributed by atoms with van der Waals surface area (Å²) in [6, 6.07) is 0. The molecule has 56 valence electrons. The van der Waals surface area contributed by atoms with Gasteiger partial charge in [0.2, 0.25) is 0 Å². The first-order valence-electron chi connectivity index (χ1n) is 3.12. The van der Waals surface area contributed by atoms with E-state index in [4.69, 9.17) is 4.52 Å². The van der Waals surface area contributed by atoms with Crippen molar-refractivity contribution in [3.8, 4) is 0 Å². The topological polar surface area (TPSA) is 26.0 Å². The van der Waals surface area contributed by atoms with E-state index in [1.165, 1.54) is 5.56 Å². The standard InChI is InChI=1S/C7H10INO/c1-7(2,3)5-4-10-9-6(5)8/h4H,1-3H3. The summed E-state index contributed by atoms with van der Waals surface area (Å²) in [6.07, 6.45) is 1.71. The summed E-state index contributed by atoms with van der Waals surface area (Å²) in [4.78, 5) is 0. The van der Waals surface area contributed by atoms with Gasteiger partial charge in [0.25, 0.3) is 0 Å². The zero-order chi connectivity index (χ0) is 7.78. The molecule has 0 atom stereocenters. The maximum Gasteiger partial charge on any atom is 0.148 e. The second kappa shape index (κ2) is 2.53. The van der Waals surface area contributed by atoms with Gasteiger partial charge < -0.3 is 4.52 Å². The lowest BCUT2D eigenvalue weighted by molar-refractivity contribution is 0.412. The first-order valence-corrected chi connectivity index (χ1v) is 4.20. The van der Waals surface area contributed by atoms with Crippen molar-refractivity contribution in [2.45, 2.75) is 26.2 Å². The van der Waals surface area contributed by atoms with E-state index < -0.39 is 0 Å². The van der Waals surface area contributed by atoms with Crippen LogP contribution in [0.1, 0.15) is 26.3 Å². The second-order valence-electron chi connectivity index (χ2n) is 3.27. The van der Waals surface area contributed by atoms with E-state index >= 15 is 0 Å². The van der Waals surface area contributed by atoms with Crippen LogP contribution >= 0.6 is 22.6 Å². The smallest absolute Gasteiger partial charge is 0.148 e. The highest BCUT2D eigenvalue weighted by Crippen LogP contribution is 2.25. The molecule has 0 N–H and O–H groups in total. The molecule has 1 aromatic heterocycles. The van der Waals surface area contributed by atoms with Gasteiger partial charge in [-0.15, -0.1) is 0 Å².